The second-order valence-corrected chi connectivity index (χ2v) is 10.3. The maximum absolute atomic E-state index is 2.36. The van der Waals surface area contributed by atoms with Gasteiger partial charge in [-0.1, -0.05) is 127 Å². The van der Waals surface area contributed by atoms with Crippen LogP contribution in [0.1, 0.15) is 0 Å². The minimum Gasteiger partial charge on any atom is -0.310 e. The van der Waals surface area contributed by atoms with Crippen LogP contribution in [0.4, 0.5) is 17.1 Å². The summed E-state index contributed by atoms with van der Waals surface area (Å²) in [7, 11) is 0. The van der Waals surface area contributed by atoms with Crippen molar-refractivity contribution >= 4 is 27.8 Å². The third-order valence-electron chi connectivity index (χ3n) is 7.59. The highest BCUT2D eigenvalue weighted by Gasteiger charge is 2.16. The van der Waals surface area contributed by atoms with Gasteiger partial charge >= 0.3 is 0 Å². The molecule has 0 radical (unpaired) electrons. The van der Waals surface area contributed by atoms with Crippen LogP contribution in [-0.4, -0.2) is 0 Å². The minimum atomic E-state index is 1.12. The molecule has 41 heavy (non-hydrogen) atoms. The molecule has 0 saturated carbocycles. The molecular weight excluding hydrogens is 494 g/mol. The van der Waals surface area contributed by atoms with Crippen molar-refractivity contribution < 1.29 is 0 Å². The van der Waals surface area contributed by atoms with Crippen LogP contribution in [-0.2, 0) is 0 Å². The largest absolute Gasteiger partial charge is 0.310 e. The summed E-state index contributed by atoms with van der Waals surface area (Å²) in [6.45, 7) is 0. The van der Waals surface area contributed by atoms with Gasteiger partial charge < -0.3 is 4.90 Å². The summed E-state index contributed by atoms with van der Waals surface area (Å²) in [6.07, 6.45) is 0. The van der Waals surface area contributed by atoms with Crippen molar-refractivity contribution in [2.24, 2.45) is 0 Å². The fourth-order valence-corrected chi connectivity index (χ4v) is 5.55. The van der Waals surface area contributed by atoms with Gasteiger partial charge in [-0.15, -0.1) is 0 Å². The maximum Gasteiger partial charge on any atom is 0.0473 e. The minimum absolute atomic E-state index is 1.12. The molecule has 0 spiro atoms. The van der Waals surface area contributed by atoms with Gasteiger partial charge in [-0.05, 0) is 92.7 Å². The lowest BCUT2D eigenvalue weighted by molar-refractivity contribution is 1.28. The zero-order chi connectivity index (χ0) is 27.4. The Morgan fingerprint density at radius 3 is 1.39 bits per heavy atom. The molecule has 0 unspecified atom stereocenters. The van der Waals surface area contributed by atoms with E-state index in [0.29, 0.717) is 0 Å². The second kappa shape index (κ2) is 11.0. The fourth-order valence-electron chi connectivity index (χ4n) is 5.55. The Bertz CT molecular complexity index is 1870. The number of benzene rings is 7. The van der Waals surface area contributed by atoms with Crippen LogP contribution in [0.25, 0.3) is 44.2 Å². The molecule has 0 N–H and O–H groups in total. The summed E-state index contributed by atoms with van der Waals surface area (Å²) in [5.41, 5.74) is 10.5. The standard InChI is InChI=1S/C40H29N/c1-4-13-30(14-5-1)36-26-37(31-15-6-2-7-16-31)29-40(28-36)41(38-20-8-3-9-21-38)39-22-12-19-34(27-39)35-24-23-32-17-10-11-18-33(32)25-35/h1-29H. The quantitative estimate of drug-likeness (QED) is 0.209. The third kappa shape index (κ3) is 5.14. The van der Waals surface area contributed by atoms with Crippen molar-refractivity contribution in [2.45, 2.75) is 0 Å². The molecule has 0 aliphatic carbocycles. The van der Waals surface area contributed by atoms with Crippen molar-refractivity contribution in [3.63, 3.8) is 0 Å². The number of fused-ring (bicyclic) bond motifs is 1. The van der Waals surface area contributed by atoms with Gasteiger partial charge in [0, 0.05) is 17.1 Å². The topological polar surface area (TPSA) is 3.24 Å². The summed E-state index contributed by atoms with van der Waals surface area (Å²) in [5.74, 6) is 0. The van der Waals surface area contributed by atoms with Gasteiger partial charge in [0.25, 0.3) is 0 Å². The summed E-state index contributed by atoms with van der Waals surface area (Å²) >= 11 is 0. The van der Waals surface area contributed by atoms with Crippen molar-refractivity contribution in [1.29, 1.82) is 0 Å². The predicted molar refractivity (Wildman–Crippen MR) is 175 cm³/mol. The third-order valence-corrected chi connectivity index (χ3v) is 7.59. The van der Waals surface area contributed by atoms with E-state index < -0.39 is 0 Å². The summed E-state index contributed by atoms with van der Waals surface area (Å²) in [6, 6.07) is 62.9. The van der Waals surface area contributed by atoms with Crippen LogP contribution in [0.2, 0.25) is 0 Å². The lowest BCUT2D eigenvalue weighted by atomic mass is 9.97. The molecule has 0 bridgehead atoms. The Labute approximate surface area is 241 Å². The number of hydrogen-bond donors (Lipinski definition) is 0. The number of para-hydroxylation sites is 1. The van der Waals surface area contributed by atoms with Gasteiger partial charge in [-0.25, -0.2) is 0 Å². The highest BCUT2D eigenvalue weighted by atomic mass is 15.1. The molecule has 0 fully saturated rings. The molecule has 7 rings (SSSR count). The molecule has 0 aliphatic rings. The van der Waals surface area contributed by atoms with Crippen molar-refractivity contribution in [3.8, 4) is 33.4 Å². The Kier molecular flexibility index (Phi) is 6.61. The van der Waals surface area contributed by atoms with E-state index in [1.807, 2.05) is 0 Å². The van der Waals surface area contributed by atoms with Crippen LogP contribution >= 0.6 is 0 Å². The molecule has 0 aliphatic heterocycles. The number of nitrogens with zero attached hydrogens (tertiary/aromatic N) is 1. The Morgan fingerprint density at radius 1 is 0.244 bits per heavy atom. The van der Waals surface area contributed by atoms with Crippen LogP contribution in [0.5, 0.6) is 0 Å². The SMILES string of the molecule is c1ccc(-c2cc(-c3ccccc3)cc(N(c3ccccc3)c3cccc(-c4ccc5ccccc5c4)c3)c2)cc1. The molecule has 194 valence electrons. The highest BCUT2D eigenvalue weighted by Crippen LogP contribution is 2.40. The summed E-state index contributed by atoms with van der Waals surface area (Å²) < 4.78 is 0. The van der Waals surface area contributed by atoms with E-state index in [4.69, 9.17) is 0 Å². The fraction of sp³-hybridized carbons (Fsp3) is 0. The van der Waals surface area contributed by atoms with E-state index in [9.17, 15) is 0 Å². The molecule has 0 aromatic heterocycles. The van der Waals surface area contributed by atoms with Gasteiger partial charge in [0.05, 0.1) is 0 Å². The van der Waals surface area contributed by atoms with Crippen molar-refractivity contribution in [1.82, 2.24) is 0 Å². The molecule has 0 amide bonds. The first-order valence-electron chi connectivity index (χ1n) is 14.0. The van der Waals surface area contributed by atoms with Gasteiger partial charge in [-0.2, -0.15) is 0 Å². The van der Waals surface area contributed by atoms with E-state index in [1.54, 1.807) is 0 Å². The summed E-state index contributed by atoms with van der Waals surface area (Å²) in [5, 5.41) is 2.50. The van der Waals surface area contributed by atoms with Crippen LogP contribution < -0.4 is 4.90 Å². The second-order valence-electron chi connectivity index (χ2n) is 10.3. The average Bonchev–Trinajstić information content (AvgIpc) is 3.06. The lowest BCUT2D eigenvalue weighted by Crippen LogP contribution is -2.10. The van der Waals surface area contributed by atoms with Crippen molar-refractivity contribution in [3.05, 3.63) is 176 Å². The smallest absolute Gasteiger partial charge is 0.0473 e. The van der Waals surface area contributed by atoms with Crippen LogP contribution in [0.15, 0.2) is 176 Å². The zero-order valence-corrected chi connectivity index (χ0v) is 22.7. The molecule has 0 heterocycles. The molecule has 7 aromatic rings. The first-order chi connectivity index (χ1) is 20.3. The van der Waals surface area contributed by atoms with Crippen molar-refractivity contribution in [2.75, 3.05) is 4.90 Å². The van der Waals surface area contributed by atoms with E-state index in [1.165, 1.54) is 44.2 Å². The van der Waals surface area contributed by atoms with Gasteiger partial charge in [0.1, 0.15) is 0 Å². The Balaban J connectivity index is 1.41. The molecule has 1 nitrogen and oxygen atoms in total. The number of rotatable bonds is 6. The first kappa shape index (κ1) is 24.6. The Morgan fingerprint density at radius 2 is 0.732 bits per heavy atom. The summed E-state index contributed by atoms with van der Waals surface area (Å²) in [4.78, 5) is 2.36. The van der Waals surface area contributed by atoms with Gasteiger partial charge in [0.2, 0.25) is 0 Å². The monoisotopic (exact) mass is 523 g/mol. The average molecular weight is 524 g/mol. The molecule has 7 aromatic carbocycles. The molecule has 0 saturated heterocycles. The van der Waals surface area contributed by atoms with Gasteiger partial charge in [0.15, 0.2) is 0 Å². The number of hydrogen-bond acceptors (Lipinski definition) is 1. The molecular formula is C40H29N. The number of anilines is 3. The van der Waals surface area contributed by atoms with E-state index in [-0.39, 0.29) is 0 Å². The van der Waals surface area contributed by atoms with Crippen LogP contribution in [0.3, 0.4) is 0 Å². The highest BCUT2D eigenvalue weighted by molar-refractivity contribution is 5.89. The van der Waals surface area contributed by atoms with E-state index >= 15 is 0 Å². The first-order valence-corrected chi connectivity index (χ1v) is 14.0. The molecule has 1 heteroatoms. The van der Waals surface area contributed by atoms with E-state index in [0.717, 1.165) is 17.1 Å². The predicted octanol–water partition coefficient (Wildman–Crippen LogP) is 11.3. The lowest BCUT2D eigenvalue weighted by Gasteiger charge is -2.27. The van der Waals surface area contributed by atoms with Gasteiger partial charge in [-0.3, -0.25) is 0 Å². The molecule has 0 atom stereocenters. The zero-order valence-electron chi connectivity index (χ0n) is 22.7. The Hall–Kier alpha value is -5.40. The maximum atomic E-state index is 2.36. The normalized spacial score (nSPS) is 10.9. The van der Waals surface area contributed by atoms with E-state index in [2.05, 4.69) is 181 Å². The van der Waals surface area contributed by atoms with Crippen LogP contribution in [0, 0.1) is 0 Å².